The SMILES string of the molecule is CCCNc1cc(Oc2ccc(F)c(Br)c2)nc(C)n1. The van der Waals surface area contributed by atoms with Crippen LogP contribution in [0.2, 0.25) is 0 Å². The van der Waals surface area contributed by atoms with E-state index in [9.17, 15) is 4.39 Å². The van der Waals surface area contributed by atoms with Gasteiger partial charge in [-0.15, -0.1) is 0 Å². The molecule has 106 valence electrons. The molecule has 4 nitrogen and oxygen atoms in total. The Morgan fingerprint density at radius 2 is 2.10 bits per heavy atom. The molecule has 1 aromatic carbocycles. The summed E-state index contributed by atoms with van der Waals surface area (Å²) in [5.74, 6) is 1.94. The highest BCUT2D eigenvalue weighted by atomic mass is 79.9. The van der Waals surface area contributed by atoms with E-state index in [0.29, 0.717) is 21.9 Å². The number of nitrogens with zero attached hydrogens (tertiary/aromatic N) is 2. The number of hydrogen-bond acceptors (Lipinski definition) is 4. The Balaban J connectivity index is 2.19. The van der Waals surface area contributed by atoms with E-state index in [1.54, 1.807) is 25.1 Å². The molecule has 1 aromatic heterocycles. The molecule has 0 radical (unpaired) electrons. The van der Waals surface area contributed by atoms with E-state index in [2.05, 4.69) is 38.1 Å². The zero-order valence-electron chi connectivity index (χ0n) is 11.3. The fourth-order valence-corrected chi connectivity index (χ4v) is 1.96. The average molecular weight is 340 g/mol. The predicted octanol–water partition coefficient (Wildman–Crippen LogP) is 4.30. The number of halogens is 2. The molecule has 20 heavy (non-hydrogen) atoms. The summed E-state index contributed by atoms with van der Waals surface area (Å²) in [6.07, 6.45) is 1.00. The van der Waals surface area contributed by atoms with Gasteiger partial charge in [0, 0.05) is 12.6 Å². The van der Waals surface area contributed by atoms with Crippen molar-refractivity contribution in [2.24, 2.45) is 0 Å². The maximum atomic E-state index is 13.2. The molecule has 0 saturated carbocycles. The number of anilines is 1. The molecule has 0 fully saturated rings. The van der Waals surface area contributed by atoms with Gasteiger partial charge >= 0.3 is 0 Å². The van der Waals surface area contributed by atoms with Crippen LogP contribution in [0.4, 0.5) is 10.2 Å². The third-order valence-electron chi connectivity index (χ3n) is 2.48. The van der Waals surface area contributed by atoms with Gasteiger partial charge in [-0.1, -0.05) is 6.92 Å². The second kappa shape index (κ2) is 6.65. The van der Waals surface area contributed by atoms with E-state index in [1.165, 1.54) is 6.07 Å². The van der Waals surface area contributed by atoms with Crippen molar-refractivity contribution in [3.8, 4) is 11.6 Å². The van der Waals surface area contributed by atoms with Crippen molar-refractivity contribution in [2.45, 2.75) is 20.3 Å². The molecule has 2 aromatic rings. The number of ether oxygens (including phenoxy) is 1. The molecule has 0 amide bonds. The maximum Gasteiger partial charge on any atom is 0.224 e. The Morgan fingerprint density at radius 1 is 1.30 bits per heavy atom. The second-order valence-corrected chi connectivity index (χ2v) is 5.10. The molecule has 2 rings (SSSR count). The topological polar surface area (TPSA) is 47.0 Å². The van der Waals surface area contributed by atoms with E-state index in [1.807, 2.05) is 0 Å². The van der Waals surface area contributed by atoms with Crippen LogP contribution in [0.1, 0.15) is 19.2 Å². The van der Waals surface area contributed by atoms with Crippen LogP contribution >= 0.6 is 15.9 Å². The number of hydrogen-bond donors (Lipinski definition) is 1. The van der Waals surface area contributed by atoms with Gasteiger partial charge in [-0.05, 0) is 47.5 Å². The molecule has 0 spiro atoms. The van der Waals surface area contributed by atoms with Gasteiger partial charge < -0.3 is 10.1 Å². The zero-order chi connectivity index (χ0) is 14.5. The second-order valence-electron chi connectivity index (χ2n) is 4.24. The van der Waals surface area contributed by atoms with Gasteiger partial charge in [0.15, 0.2) is 0 Å². The van der Waals surface area contributed by atoms with Crippen molar-refractivity contribution in [2.75, 3.05) is 11.9 Å². The van der Waals surface area contributed by atoms with Crippen molar-refractivity contribution < 1.29 is 9.13 Å². The Bertz CT molecular complexity index is 607. The summed E-state index contributed by atoms with van der Waals surface area (Å²) in [4.78, 5) is 8.48. The van der Waals surface area contributed by atoms with Crippen LogP contribution in [0.5, 0.6) is 11.6 Å². The van der Waals surface area contributed by atoms with E-state index in [0.717, 1.165) is 18.8 Å². The summed E-state index contributed by atoms with van der Waals surface area (Å²) >= 11 is 3.12. The Morgan fingerprint density at radius 3 is 2.80 bits per heavy atom. The lowest BCUT2D eigenvalue weighted by atomic mass is 10.3. The number of aryl methyl sites for hydroxylation is 1. The molecule has 0 bridgehead atoms. The maximum absolute atomic E-state index is 13.2. The Kier molecular flexibility index (Phi) is 4.89. The first-order valence-corrected chi connectivity index (χ1v) is 7.10. The third-order valence-corrected chi connectivity index (χ3v) is 3.09. The Hall–Kier alpha value is -1.69. The number of nitrogens with one attached hydrogen (secondary N) is 1. The van der Waals surface area contributed by atoms with Gasteiger partial charge in [-0.25, -0.2) is 9.37 Å². The zero-order valence-corrected chi connectivity index (χ0v) is 12.9. The van der Waals surface area contributed by atoms with Crippen molar-refractivity contribution in [1.82, 2.24) is 9.97 Å². The van der Waals surface area contributed by atoms with Gasteiger partial charge in [-0.2, -0.15) is 4.98 Å². The molecular weight excluding hydrogens is 325 g/mol. The predicted molar refractivity (Wildman–Crippen MR) is 79.7 cm³/mol. The lowest BCUT2D eigenvalue weighted by Crippen LogP contribution is -2.04. The van der Waals surface area contributed by atoms with Crippen LogP contribution in [0.3, 0.4) is 0 Å². The van der Waals surface area contributed by atoms with Crippen LogP contribution < -0.4 is 10.1 Å². The summed E-state index contributed by atoms with van der Waals surface area (Å²) in [6.45, 7) is 4.71. The molecule has 6 heteroatoms. The molecule has 0 aliphatic carbocycles. The third kappa shape index (κ3) is 3.90. The van der Waals surface area contributed by atoms with Crippen molar-refractivity contribution in [3.63, 3.8) is 0 Å². The Labute approximate surface area is 125 Å². The molecule has 1 heterocycles. The fraction of sp³-hybridized carbons (Fsp3) is 0.286. The lowest BCUT2D eigenvalue weighted by molar-refractivity contribution is 0.458. The molecule has 0 saturated heterocycles. The summed E-state index contributed by atoms with van der Waals surface area (Å²) in [6, 6.07) is 6.17. The van der Waals surface area contributed by atoms with Crippen LogP contribution in [-0.2, 0) is 0 Å². The molecule has 1 N–H and O–H groups in total. The molecule has 0 aliphatic rings. The summed E-state index contributed by atoms with van der Waals surface area (Å²) in [5.41, 5.74) is 0. The fourth-order valence-electron chi connectivity index (χ4n) is 1.60. The number of rotatable bonds is 5. The summed E-state index contributed by atoms with van der Waals surface area (Å²) in [7, 11) is 0. The highest BCUT2D eigenvalue weighted by Crippen LogP contribution is 2.26. The normalized spacial score (nSPS) is 10.4. The highest BCUT2D eigenvalue weighted by Gasteiger charge is 2.06. The van der Waals surface area contributed by atoms with Crippen LogP contribution in [-0.4, -0.2) is 16.5 Å². The van der Waals surface area contributed by atoms with Crippen molar-refractivity contribution >= 4 is 21.7 Å². The van der Waals surface area contributed by atoms with E-state index >= 15 is 0 Å². The monoisotopic (exact) mass is 339 g/mol. The molecule has 0 atom stereocenters. The standard InChI is InChI=1S/C14H15BrFN3O/c1-3-6-17-13-8-14(19-9(2)18-13)20-10-4-5-12(16)11(15)7-10/h4-5,7-8H,3,6H2,1-2H3,(H,17,18,19). The molecular formula is C14H15BrFN3O. The summed E-state index contributed by atoms with van der Waals surface area (Å²) < 4.78 is 19.1. The lowest BCUT2D eigenvalue weighted by Gasteiger charge is -2.09. The number of benzene rings is 1. The largest absolute Gasteiger partial charge is 0.439 e. The number of aromatic nitrogens is 2. The minimum atomic E-state index is -0.332. The van der Waals surface area contributed by atoms with E-state index in [4.69, 9.17) is 4.74 Å². The van der Waals surface area contributed by atoms with Gasteiger partial charge in [0.2, 0.25) is 5.88 Å². The van der Waals surface area contributed by atoms with E-state index in [-0.39, 0.29) is 5.82 Å². The first kappa shape index (κ1) is 14.7. The molecule has 0 unspecified atom stereocenters. The van der Waals surface area contributed by atoms with Crippen LogP contribution in [0, 0.1) is 12.7 Å². The quantitative estimate of drug-likeness (QED) is 0.882. The van der Waals surface area contributed by atoms with Crippen LogP contribution in [0.15, 0.2) is 28.7 Å². The molecule has 0 aliphatic heterocycles. The minimum Gasteiger partial charge on any atom is -0.439 e. The summed E-state index contributed by atoms with van der Waals surface area (Å²) in [5, 5.41) is 3.18. The first-order chi connectivity index (χ1) is 9.58. The van der Waals surface area contributed by atoms with Gasteiger partial charge in [0.05, 0.1) is 4.47 Å². The average Bonchev–Trinajstić information content (AvgIpc) is 2.40. The van der Waals surface area contributed by atoms with Gasteiger partial charge in [0.1, 0.15) is 23.2 Å². The van der Waals surface area contributed by atoms with Crippen molar-refractivity contribution in [3.05, 3.63) is 40.4 Å². The smallest absolute Gasteiger partial charge is 0.224 e. The van der Waals surface area contributed by atoms with Crippen molar-refractivity contribution in [1.29, 1.82) is 0 Å². The van der Waals surface area contributed by atoms with Crippen LogP contribution in [0.25, 0.3) is 0 Å². The minimum absolute atomic E-state index is 0.332. The first-order valence-electron chi connectivity index (χ1n) is 6.31. The highest BCUT2D eigenvalue weighted by molar-refractivity contribution is 9.10. The van der Waals surface area contributed by atoms with Gasteiger partial charge in [-0.3, -0.25) is 0 Å². The van der Waals surface area contributed by atoms with Gasteiger partial charge in [0.25, 0.3) is 0 Å². The van der Waals surface area contributed by atoms with E-state index < -0.39 is 0 Å².